The van der Waals surface area contributed by atoms with E-state index in [0.29, 0.717) is 18.6 Å². The fourth-order valence-electron chi connectivity index (χ4n) is 4.29. The summed E-state index contributed by atoms with van der Waals surface area (Å²) in [5.41, 5.74) is 5.66. The summed E-state index contributed by atoms with van der Waals surface area (Å²) in [6.07, 6.45) is 8.02. The molecule has 0 unspecified atom stereocenters. The molecule has 1 aliphatic heterocycles. The lowest BCUT2D eigenvalue weighted by Crippen LogP contribution is -2.14. The quantitative estimate of drug-likeness (QED) is 0.539. The first-order valence-corrected chi connectivity index (χ1v) is 10.7. The molecule has 4 heterocycles. The van der Waals surface area contributed by atoms with Crippen molar-refractivity contribution in [3.8, 4) is 11.3 Å². The molecule has 0 atom stereocenters. The Hall–Kier alpha value is -3.55. The van der Waals surface area contributed by atoms with E-state index in [-0.39, 0.29) is 5.91 Å². The molecule has 8 heteroatoms. The molecule has 0 spiro atoms. The van der Waals surface area contributed by atoms with Crippen LogP contribution in [0.4, 0.5) is 5.69 Å². The second-order valence-corrected chi connectivity index (χ2v) is 8.05. The maximum Gasteiger partial charge on any atom is 0.252 e. The molecular formula is C23H25N7O. The van der Waals surface area contributed by atoms with Crippen LogP contribution in [0.2, 0.25) is 0 Å². The third-order valence-electron chi connectivity index (χ3n) is 5.94. The summed E-state index contributed by atoms with van der Waals surface area (Å²) in [5.74, 6) is 1.71. The molecule has 31 heavy (non-hydrogen) atoms. The first-order chi connectivity index (χ1) is 15.1. The second-order valence-electron chi connectivity index (χ2n) is 8.05. The minimum atomic E-state index is -0.0289. The van der Waals surface area contributed by atoms with Gasteiger partial charge in [0.2, 0.25) is 5.91 Å². The van der Waals surface area contributed by atoms with Crippen LogP contribution in [0.1, 0.15) is 42.0 Å². The molecule has 0 bridgehead atoms. The predicted octanol–water partition coefficient (Wildman–Crippen LogP) is 3.51. The highest BCUT2D eigenvalue weighted by Gasteiger charge is 2.15. The fourth-order valence-corrected chi connectivity index (χ4v) is 4.29. The van der Waals surface area contributed by atoms with Crippen molar-refractivity contribution in [1.82, 2.24) is 29.1 Å². The Morgan fingerprint density at radius 1 is 1.19 bits per heavy atom. The molecule has 0 aliphatic carbocycles. The van der Waals surface area contributed by atoms with Crippen molar-refractivity contribution < 1.29 is 4.79 Å². The highest BCUT2D eigenvalue weighted by atomic mass is 16.1. The van der Waals surface area contributed by atoms with Crippen LogP contribution < -0.4 is 5.32 Å². The minimum absolute atomic E-state index is 0.0289. The number of anilines is 1. The van der Waals surface area contributed by atoms with Gasteiger partial charge in [-0.05, 0) is 50.8 Å². The van der Waals surface area contributed by atoms with Crippen molar-refractivity contribution in [3.63, 3.8) is 0 Å². The van der Waals surface area contributed by atoms with Crippen molar-refractivity contribution in [2.24, 2.45) is 0 Å². The van der Waals surface area contributed by atoms with E-state index in [1.165, 1.54) is 19.2 Å². The number of aromatic nitrogens is 6. The fraction of sp³-hybridized carbons (Fsp3) is 0.348. The molecule has 1 aromatic carbocycles. The van der Waals surface area contributed by atoms with Crippen LogP contribution in [0.5, 0.6) is 0 Å². The summed E-state index contributed by atoms with van der Waals surface area (Å²) < 4.78 is 3.96. The van der Waals surface area contributed by atoms with Gasteiger partial charge in [-0.15, -0.1) is 0 Å². The normalized spacial score (nSPS) is 13.4. The molecule has 0 radical (unpaired) electrons. The SMILES string of the molecule is Cc1nc2ncnn2c(C)c1CCC(=O)Nc1cccc(-c2cn3c(n2)CCCC3)c1. The number of nitrogens with zero attached hydrogens (tertiary/aromatic N) is 6. The molecule has 1 N–H and O–H groups in total. The minimum Gasteiger partial charge on any atom is -0.334 e. The molecule has 3 aromatic heterocycles. The Labute approximate surface area is 180 Å². The monoisotopic (exact) mass is 415 g/mol. The van der Waals surface area contributed by atoms with E-state index in [9.17, 15) is 4.79 Å². The maximum atomic E-state index is 12.6. The van der Waals surface area contributed by atoms with E-state index in [1.54, 1.807) is 4.52 Å². The van der Waals surface area contributed by atoms with Gasteiger partial charge in [-0.3, -0.25) is 4.79 Å². The van der Waals surface area contributed by atoms with Crippen molar-refractivity contribution in [2.45, 2.75) is 52.5 Å². The first kappa shape index (κ1) is 19.4. The average Bonchev–Trinajstić information content (AvgIpc) is 3.40. The Morgan fingerprint density at radius 2 is 2.10 bits per heavy atom. The van der Waals surface area contributed by atoms with Crippen LogP contribution >= 0.6 is 0 Å². The lowest BCUT2D eigenvalue weighted by Gasteiger charge is -2.11. The largest absolute Gasteiger partial charge is 0.334 e. The molecule has 0 fully saturated rings. The molecule has 0 saturated heterocycles. The van der Waals surface area contributed by atoms with Crippen LogP contribution in [-0.2, 0) is 24.2 Å². The molecule has 5 rings (SSSR count). The van der Waals surface area contributed by atoms with Gasteiger partial charge in [-0.2, -0.15) is 10.1 Å². The van der Waals surface area contributed by atoms with Crippen molar-refractivity contribution in [2.75, 3.05) is 5.32 Å². The van der Waals surface area contributed by atoms with Gasteiger partial charge in [0.25, 0.3) is 5.78 Å². The number of carbonyl (C=O) groups excluding carboxylic acids is 1. The number of amides is 1. The summed E-state index contributed by atoms with van der Waals surface area (Å²) >= 11 is 0. The van der Waals surface area contributed by atoms with Crippen molar-refractivity contribution >= 4 is 17.4 Å². The predicted molar refractivity (Wildman–Crippen MR) is 118 cm³/mol. The topological polar surface area (TPSA) is 90.0 Å². The number of aryl methyl sites for hydroxylation is 4. The number of nitrogens with one attached hydrogen (secondary N) is 1. The van der Waals surface area contributed by atoms with Gasteiger partial charge in [0, 0.05) is 48.2 Å². The second kappa shape index (κ2) is 7.94. The highest BCUT2D eigenvalue weighted by molar-refractivity contribution is 5.91. The Balaban J connectivity index is 1.28. The lowest BCUT2D eigenvalue weighted by atomic mass is 10.1. The molecule has 0 saturated carbocycles. The highest BCUT2D eigenvalue weighted by Crippen LogP contribution is 2.25. The molecule has 4 aromatic rings. The number of benzene rings is 1. The average molecular weight is 416 g/mol. The van der Waals surface area contributed by atoms with E-state index in [0.717, 1.165) is 52.7 Å². The lowest BCUT2D eigenvalue weighted by molar-refractivity contribution is -0.116. The third kappa shape index (κ3) is 3.81. The van der Waals surface area contributed by atoms with E-state index < -0.39 is 0 Å². The zero-order chi connectivity index (χ0) is 21.4. The van der Waals surface area contributed by atoms with Crippen molar-refractivity contribution in [3.05, 3.63) is 59.6 Å². The zero-order valence-electron chi connectivity index (χ0n) is 17.8. The maximum absolute atomic E-state index is 12.6. The summed E-state index contributed by atoms with van der Waals surface area (Å²) in [7, 11) is 0. The van der Waals surface area contributed by atoms with Crippen molar-refractivity contribution in [1.29, 1.82) is 0 Å². The number of rotatable bonds is 5. The summed E-state index contributed by atoms with van der Waals surface area (Å²) in [6.45, 7) is 4.97. The molecular weight excluding hydrogens is 390 g/mol. The van der Waals surface area contributed by atoms with E-state index in [1.807, 2.05) is 38.1 Å². The van der Waals surface area contributed by atoms with Gasteiger partial charge in [0.1, 0.15) is 12.2 Å². The van der Waals surface area contributed by atoms with Gasteiger partial charge in [-0.1, -0.05) is 12.1 Å². The summed E-state index contributed by atoms with van der Waals surface area (Å²) in [5, 5.41) is 7.24. The van der Waals surface area contributed by atoms with Gasteiger partial charge in [-0.25, -0.2) is 14.5 Å². The van der Waals surface area contributed by atoms with Crippen LogP contribution in [0, 0.1) is 13.8 Å². The van der Waals surface area contributed by atoms with Crippen LogP contribution in [0.25, 0.3) is 17.0 Å². The van der Waals surface area contributed by atoms with Gasteiger partial charge >= 0.3 is 0 Å². The van der Waals surface area contributed by atoms with E-state index >= 15 is 0 Å². The number of imidazole rings is 1. The Kier molecular flexibility index (Phi) is 4.97. The Bertz CT molecular complexity index is 1250. The standard InChI is InChI=1S/C23H25N7O/c1-15-19(16(2)30-23(26-15)24-14-25-30)9-10-22(31)27-18-7-5-6-17(12-18)20-13-29-11-4-3-8-21(29)28-20/h5-7,12-14H,3-4,8-11H2,1-2H3,(H,27,31). The first-order valence-electron chi connectivity index (χ1n) is 10.7. The molecule has 8 nitrogen and oxygen atoms in total. The van der Waals surface area contributed by atoms with Crippen LogP contribution in [0.15, 0.2) is 36.8 Å². The van der Waals surface area contributed by atoms with E-state index in [4.69, 9.17) is 4.98 Å². The smallest absolute Gasteiger partial charge is 0.252 e. The molecule has 1 amide bonds. The number of hydrogen-bond donors (Lipinski definition) is 1. The molecule has 158 valence electrons. The zero-order valence-corrected chi connectivity index (χ0v) is 17.8. The summed E-state index contributed by atoms with van der Waals surface area (Å²) in [4.78, 5) is 26.1. The van der Waals surface area contributed by atoms with Gasteiger partial charge in [0.05, 0.1) is 5.69 Å². The van der Waals surface area contributed by atoms with Gasteiger partial charge < -0.3 is 9.88 Å². The van der Waals surface area contributed by atoms with Crippen LogP contribution in [0.3, 0.4) is 0 Å². The van der Waals surface area contributed by atoms with Crippen LogP contribution in [-0.4, -0.2) is 35.0 Å². The van der Waals surface area contributed by atoms with Gasteiger partial charge in [0.15, 0.2) is 0 Å². The Morgan fingerprint density at radius 3 is 2.97 bits per heavy atom. The summed E-state index contributed by atoms with van der Waals surface area (Å²) in [6, 6.07) is 7.90. The third-order valence-corrected chi connectivity index (χ3v) is 5.94. The number of carbonyl (C=O) groups is 1. The number of hydrogen-bond acceptors (Lipinski definition) is 5. The molecule has 1 aliphatic rings. The van der Waals surface area contributed by atoms with E-state index in [2.05, 4.69) is 31.1 Å². The number of fused-ring (bicyclic) bond motifs is 2.